The molecule has 2 aromatic heterocycles. The number of anilines is 1. The molecule has 1 N–H and O–H groups in total. The van der Waals surface area contributed by atoms with Crippen LogP contribution in [-0.4, -0.2) is 35.8 Å². The van der Waals surface area contributed by atoms with Crippen LogP contribution in [0, 0.1) is 31.1 Å². The fourth-order valence-corrected chi connectivity index (χ4v) is 4.81. The van der Waals surface area contributed by atoms with Crippen molar-refractivity contribution in [2.45, 2.75) is 49.6 Å². The van der Waals surface area contributed by atoms with Crippen molar-refractivity contribution < 1.29 is 35.5 Å². The van der Waals surface area contributed by atoms with E-state index in [1.54, 1.807) is 0 Å². The Kier molecular flexibility index (Phi) is 7.07. The lowest BCUT2D eigenvalue weighted by Gasteiger charge is -2.34. The van der Waals surface area contributed by atoms with Gasteiger partial charge in [0.1, 0.15) is 5.56 Å². The number of amides is 1. The molecule has 2 heterocycles. The number of nitrogens with zero attached hydrogens (tertiary/aromatic N) is 4. The van der Waals surface area contributed by atoms with E-state index in [4.69, 9.17) is 4.74 Å². The SMILES string of the molecule is Cc1cc(C2(C#N)CCC2)nc(F)c1Oc1nnc(C(F)(F)F)c(C)c1C(=O)Nc1cccc(S(C)(=O)=O)c1. The van der Waals surface area contributed by atoms with Crippen LogP contribution in [0.2, 0.25) is 0 Å². The maximum atomic E-state index is 15.1. The zero-order valence-electron chi connectivity index (χ0n) is 20.9. The number of benzene rings is 1. The molecule has 0 radical (unpaired) electrons. The maximum Gasteiger partial charge on any atom is 0.435 e. The van der Waals surface area contributed by atoms with Crippen molar-refractivity contribution in [3.63, 3.8) is 0 Å². The number of aryl methyl sites for hydroxylation is 1. The van der Waals surface area contributed by atoms with Crippen LogP contribution in [0.15, 0.2) is 35.2 Å². The van der Waals surface area contributed by atoms with Gasteiger partial charge in [-0.2, -0.15) is 22.8 Å². The van der Waals surface area contributed by atoms with E-state index in [0.29, 0.717) is 12.8 Å². The minimum absolute atomic E-state index is 0.0330. The van der Waals surface area contributed by atoms with Crippen LogP contribution in [0.25, 0.3) is 0 Å². The summed E-state index contributed by atoms with van der Waals surface area (Å²) in [7, 11) is -3.65. The Bertz CT molecular complexity index is 1610. The highest BCUT2D eigenvalue weighted by molar-refractivity contribution is 7.90. The molecule has 204 valence electrons. The minimum atomic E-state index is -4.97. The molecule has 0 saturated heterocycles. The van der Waals surface area contributed by atoms with E-state index in [-0.39, 0.29) is 21.8 Å². The van der Waals surface area contributed by atoms with Gasteiger partial charge in [-0.15, -0.1) is 10.2 Å². The molecule has 1 aliphatic carbocycles. The van der Waals surface area contributed by atoms with Crippen molar-refractivity contribution in [1.82, 2.24) is 15.2 Å². The molecule has 0 aliphatic heterocycles. The number of hydrogen-bond donors (Lipinski definition) is 1. The number of carbonyl (C=O) groups excluding carboxylic acids is 1. The Morgan fingerprint density at radius 3 is 2.41 bits per heavy atom. The normalized spacial score (nSPS) is 14.7. The maximum absolute atomic E-state index is 15.1. The summed E-state index contributed by atoms with van der Waals surface area (Å²) in [4.78, 5) is 16.9. The second-order valence-corrected chi connectivity index (χ2v) is 11.2. The van der Waals surface area contributed by atoms with Crippen LogP contribution < -0.4 is 10.1 Å². The predicted molar refractivity (Wildman–Crippen MR) is 129 cm³/mol. The average Bonchev–Trinajstić information content (AvgIpc) is 2.80. The summed E-state index contributed by atoms with van der Waals surface area (Å²) in [5.74, 6) is -3.51. The highest BCUT2D eigenvalue weighted by Crippen LogP contribution is 2.44. The van der Waals surface area contributed by atoms with E-state index in [0.717, 1.165) is 25.7 Å². The smallest absolute Gasteiger partial charge is 0.432 e. The van der Waals surface area contributed by atoms with Crippen LogP contribution in [0.3, 0.4) is 0 Å². The van der Waals surface area contributed by atoms with Gasteiger partial charge in [0.15, 0.2) is 21.3 Å². The molecule has 14 heteroatoms. The summed E-state index contributed by atoms with van der Waals surface area (Å²) in [5, 5.41) is 18.5. The van der Waals surface area contributed by atoms with E-state index >= 15 is 4.39 Å². The fraction of sp³-hybridized carbons (Fsp3) is 0.320. The second kappa shape index (κ2) is 9.88. The van der Waals surface area contributed by atoms with Crippen LogP contribution in [0.5, 0.6) is 11.6 Å². The number of carbonyl (C=O) groups is 1. The number of aromatic nitrogens is 3. The van der Waals surface area contributed by atoms with Gasteiger partial charge in [0, 0.05) is 11.9 Å². The van der Waals surface area contributed by atoms with E-state index in [2.05, 4.69) is 26.6 Å². The molecule has 0 unspecified atom stereocenters. The van der Waals surface area contributed by atoms with Crippen molar-refractivity contribution in [1.29, 1.82) is 5.26 Å². The molecule has 0 bridgehead atoms. The van der Waals surface area contributed by atoms with Crippen LogP contribution in [0.4, 0.5) is 23.2 Å². The summed E-state index contributed by atoms with van der Waals surface area (Å²) in [6.45, 7) is 2.43. The lowest BCUT2D eigenvalue weighted by Crippen LogP contribution is -2.33. The zero-order chi connectivity index (χ0) is 28.8. The van der Waals surface area contributed by atoms with Gasteiger partial charge in [-0.1, -0.05) is 6.07 Å². The van der Waals surface area contributed by atoms with Gasteiger partial charge in [0.25, 0.3) is 17.7 Å². The van der Waals surface area contributed by atoms with Gasteiger partial charge >= 0.3 is 6.18 Å². The molecule has 1 fully saturated rings. The highest BCUT2D eigenvalue weighted by atomic mass is 32.2. The number of hydrogen-bond acceptors (Lipinski definition) is 8. The Balaban J connectivity index is 1.77. The first-order chi connectivity index (χ1) is 18.2. The molecule has 1 amide bonds. The largest absolute Gasteiger partial charge is 0.435 e. The van der Waals surface area contributed by atoms with E-state index in [9.17, 15) is 31.6 Å². The van der Waals surface area contributed by atoms with Crippen molar-refractivity contribution in [2.75, 3.05) is 11.6 Å². The molecular formula is C25H21F4N5O4S. The second-order valence-electron chi connectivity index (χ2n) is 9.20. The first-order valence-electron chi connectivity index (χ1n) is 11.5. The van der Waals surface area contributed by atoms with Crippen molar-refractivity contribution >= 4 is 21.4 Å². The van der Waals surface area contributed by atoms with Crippen LogP contribution in [-0.2, 0) is 21.4 Å². The molecule has 39 heavy (non-hydrogen) atoms. The number of pyridine rings is 1. The van der Waals surface area contributed by atoms with Gasteiger partial charge in [-0.05, 0) is 68.5 Å². The Hall–Kier alpha value is -4.12. The molecule has 4 rings (SSSR count). The van der Waals surface area contributed by atoms with E-state index in [1.165, 1.54) is 31.2 Å². The number of alkyl halides is 3. The number of rotatable bonds is 6. The van der Waals surface area contributed by atoms with Gasteiger partial charge < -0.3 is 10.1 Å². The molecule has 3 aromatic rings. The van der Waals surface area contributed by atoms with Crippen molar-refractivity contribution in [3.05, 3.63) is 64.4 Å². The van der Waals surface area contributed by atoms with Gasteiger partial charge in [-0.3, -0.25) is 4.79 Å². The van der Waals surface area contributed by atoms with Crippen LogP contribution in [0.1, 0.15) is 52.1 Å². The van der Waals surface area contributed by atoms with E-state index < -0.39 is 61.7 Å². The Morgan fingerprint density at radius 2 is 1.87 bits per heavy atom. The summed E-state index contributed by atoms with van der Waals surface area (Å²) in [6.07, 6.45) is -2.24. The standard InChI is InChI=1S/C25H21F4N5O4S/c1-13-10-17(24(12-30)8-5-9-24)32-21(26)19(13)38-23-18(14(2)20(33-34-23)25(27,28)29)22(35)31-15-6-4-7-16(11-15)39(3,36)37/h4,6-7,10-11H,5,8-9H2,1-3H3,(H,31,35). The molecule has 9 nitrogen and oxygen atoms in total. The van der Waals surface area contributed by atoms with Crippen molar-refractivity contribution in [2.24, 2.45) is 0 Å². The van der Waals surface area contributed by atoms with Gasteiger partial charge in [-0.25, -0.2) is 13.4 Å². The fourth-order valence-electron chi connectivity index (χ4n) is 4.15. The highest BCUT2D eigenvalue weighted by Gasteiger charge is 2.42. The third-order valence-corrected chi connectivity index (χ3v) is 7.54. The number of nitriles is 1. The quantitative estimate of drug-likeness (QED) is 0.326. The minimum Gasteiger partial charge on any atom is -0.432 e. The van der Waals surface area contributed by atoms with Crippen molar-refractivity contribution in [3.8, 4) is 17.7 Å². The lowest BCUT2D eigenvalue weighted by atomic mass is 9.67. The van der Waals surface area contributed by atoms with Crippen LogP contribution >= 0.6 is 0 Å². The first-order valence-corrected chi connectivity index (χ1v) is 13.4. The average molecular weight is 564 g/mol. The number of ether oxygens (including phenoxy) is 1. The summed E-state index contributed by atoms with van der Waals surface area (Å²) >= 11 is 0. The third-order valence-electron chi connectivity index (χ3n) is 6.43. The Labute approximate surface area is 220 Å². The third kappa shape index (κ3) is 5.40. The first kappa shape index (κ1) is 27.9. The van der Waals surface area contributed by atoms with E-state index in [1.807, 2.05) is 0 Å². The monoisotopic (exact) mass is 563 g/mol. The molecular weight excluding hydrogens is 542 g/mol. The summed E-state index contributed by atoms with van der Waals surface area (Å²) < 4.78 is 85.1. The lowest BCUT2D eigenvalue weighted by molar-refractivity contribution is -0.142. The summed E-state index contributed by atoms with van der Waals surface area (Å²) in [5.41, 5.74) is -3.39. The Morgan fingerprint density at radius 1 is 1.18 bits per heavy atom. The zero-order valence-corrected chi connectivity index (χ0v) is 21.7. The number of halogens is 4. The number of nitrogens with one attached hydrogen (secondary N) is 1. The molecule has 1 saturated carbocycles. The summed E-state index contributed by atoms with van der Waals surface area (Å²) in [6, 6.07) is 8.68. The molecule has 0 spiro atoms. The topological polar surface area (TPSA) is 135 Å². The predicted octanol–water partition coefficient (Wildman–Crippen LogP) is 5.04. The van der Waals surface area contributed by atoms with Gasteiger partial charge in [0.05, 0.1) is 22.1 Å². The van der Waals surface area contributed by atoms with Gasteiger partial charge in [0.2, 0.25) is 0 Å². The molecule has 1 aromatic carbocycles. The number of sulfone groups is 1. The molecule has 1 aliphatic rings. The molecule has 0 atom stereocenters.